The first-order valence-corrected chi connectivity index (χ1v) is 8.95. The van der Waals surface area contributed by atoms with Crippen LogP contribution in [-0.4, -0.2) is 58.8 Å². The van der Waals surface area contributed by atoms with Gasteiger partial charge < -0.3 is 19.3 Å². The number of benzene rings is 1. The minimum absolute atomic E-state index is 0.104. The highest BCUT2D eigenvalue weighted by atomic mass is 19.4. The summed E-state index contributed by atoms with van der Waals surface area (Å²) in [6.45, 7) is 6.15. The number of alkyl halides is 3. The maximum Gasteiger partial charge on any atom is 0.573 e. The average molecular weight is 419 g/mol. The summed E-state index contributed by atoms with van der Waals surface area (Å²) in [6, 6.07) is 4.35. The van der Waals surface area contributed by atoms with Crippen LogP contribution in [0.2, 0.25) is 0 Å². The Hall–Kier alpha value is -2.49. The van der Waals surface area contributed by atoms with Crippen molar-refractivity contribution in [1.82, 2.24) is 4.90 Å². The predicted molar refractivity (Wildman–Crippen MR) is 95.1 cm³/mol. The first-order chi connectivity index (χ1) is 13.2. The normalized spacial score (nSPS) is 22.3. The summed E-state index contributed by atoms with van der Waals surface area (Å²) in [5.41, 5.74) is -0.216. The molecule has 1 aromatic rings. The Morgan fingerprint density at radius 1 is 1.17 bits per heavy atom. The Balaban J connectivity index is 2.22. The highest BCUT2D eigenvalue weighted by molar-refractivity contribution is 5.70. The number of aliphatic hydroxyl groups is 1. The zero-order valence-electron chi connectivity index (χ0n) is 16.5. The number of hydrogen-bond acceptors (Lipinski definition) is 6. The van der Waals surface area contributed by atoms with E-state index in [-0.39, 0.29) is 18.7 Å². The molecule has 1 amide bonds. The number of esters is 1. The molecule has 0 bridgehead atoms. The van der Waals surface area contributed by atoms with Crippen LogP contribution in [0.5, 0.6) is 5.75 Å². The lowest BCUT2D eigenvalue weighted by atomic mass is 10.0. The lowest BCUT2D eigenvalue weighted by Gasteiger charge is -2.30. The number of rotatable bonds is 4. The Morgan fingerprint density at radius 2 is 1.76 bits per heavy atom. The minimum atomic E-state index is -4.80. The van der Waals surface area contributed by atoms with E-state index in [9.17, 15) is 27.9 Å². The van der Waals surface area contributed by atoms with Crippen molar-refractivity contribution in [3.63, 3.8) is 0 Å². The van der Waals surface area contributed by atoms with E-state index in [1.165, 1.54) is 24.0 Å². The number of likely N-dealkylation sites (tertiary alicyclic amines) is 1. The number of nitrogens with zero attached hydrogens (tertiary/aromatic N) is 1. The van der Waals surface area contributed by atoms with E-state index in [0.717, 1.165) is 12.1 Å². The molecule has 1 heterocycles. The molecule has 162 valence electrons. The van der Waals surface area contributed by atoms with Crippen LogP contribution in [0.4, 0.5) is 18.0 Å². The number of β-amino-alcohol motifs (C(OH)–C–C–N with tert-alkyl or cyclic N) is 1. The zero-order valence-corrected chi connectivity index (χ0v) is 16.5. The topological polar surface area (TPSA) is 85.3 Å². The summed E-state index contributed by atoms with van der Waals surface area (Å²) in [6.07, 6.45) is -7.48. The molecule has 1 aromatic carbocycles. The molecule has 1 aliphatic rings. The van der Waals surface area contributed by atoms with E-state index < -0.39 is 42.3 Å². The molecule has 29 heavy (non-hydrogen) atoms. The van der Waals surface area contributed by atoms with Gasteiger partial charge in [-0.25, -0.2) is 4.79 Å². The van der Waals surface area contributed by atoms with Crippen LogP contribution in [0.15, 0.2) is 24.3 Å². The third-order valence-corrected chi connectivity index (χ3v) is 4.07. The molecule has 0 unspecified atom stereocenters. The number of carbonyl (C=O) groups excluding carboxylic acids is 2. The summed E-state index contributed by atoms with van der Waals surface area (Å²) in [7, 11) is 0. The Morgan fingerprint density at radius 3 is 2.24 bits per heavy atom. The van der Waals surface area contributed by atoms with Crippen molar-refractivity contribution in [2.24, 2.45) is 0 Å². The SMILES string of the molecule is CC(=O)O[C@H]1[C@@H](Cc2ccc(OC(F)(F)F)cc2)N(C(=O)OC(C)(C)C)C[C@@H]1O. The molecule has 10 heteroatoms. The van der Waals surface area contributed by atoms with Gasteiger partial charge in [0.2, 0.25) is 0 Å². The van der Waals surface area contributed by atoms with E-state index in [4.69, 9.17) is 9.47 Å². The molecule has 7 nitrogen and oxygen atoms in total. The fraction of sp³-hybridized carbons (Fsp3) is 0.579. The minimum Gasteiger partial charge on any atom is -0.457 e. The molecule has 1 N–H and O–H groups in total. The van der Waals surface area contributed by atoms with Crippen LogP contribution in [-0.2, 0) is 20.7 Å². The third-order valence-electron chi connectivity index (χ3n) is 4.07. The maximum atomic E-state index is 12.6. The van der Waals surface area contributed by atoms with Gasteiger partial charge in [-0.3, -0.25) is 9.69 Å². The summed E-state index contributed by atoms with van der Waals surface area (Å²) in [5, 5.41) is 10.3. The van der Waals surface area contributed by atoms with Crippen molar-refractivity contribution < 1.29 is 42.1 Å². The number of aliphatic hydroxyl groups excluding tert-OH is 1. The number of ether oxygens (including phenoxy) is 3. The van der Waals surface area contributed by atoms with Crippen molar-refractivity contribution in [1.29, 1.82) is 0 Å². The molecule has 1 fully saturated rings. The summed E-state index contributed by atoms with van der Waals surface area (Å²) in [5.74, 6) is -1.01. The van der Waals surface area contributed by atoms with Gasteiger partial charge in [0.05, 0.1) is 12.6 Å². The van der Waals surface area contributed by atoms with Crippen LogP contribution < -0.4 is 4.74 Å². The zero-order chi connectivity index (χ0) is 22.0. The summed E-state index contributed by atoms with van der Waals surface area (Å²) in [4.78, 5) is 25.3. The van der Waals surface area contributed by atoms with Crippen LogP contribution in [0, 0.1) is 0 Å². The van der Waals surface area contributed by atoms with Crippen molar-refractivity contribution >= 4 is 12.1 Å². The van der Waals surface area contributed by atoms with E-state index in [0.29, 0.717) is 5.56 Å². The molecule has 0 spiro atoms. The summed E-state index contributed by atoms with van der Waals surface area (Å²) >= 11 is 0. The fourth-order valence-corrected chi connectivity index (χ4v) is 3.05. The molecule has 0 saturated carbocycles. The highest BCUT2D eigenvalue weighted by Gasteiger charge is 2.46. The van der Waals surface area contributed by atoms with Gasteiger partial charge in [-0.15, -0.1) is 13.2 Å². The van der Waals surface area contributed by atoms with Crippen molar-refractivity contribution in [3.05, 3.63) is 29.8 Å². The lowest BCUT2D eigenvalue weighted by molar-refractivity contribution is -0.274. The van der Waals surface area contributed by atoms with E-state index in [1.54, 1.807) is 20.8 Å². The molecule has 0 aliphatic carbocycles. The second kappa shape index (κ2) is 8.48. The largest absolute Gasteiger partial charge is 0.573 e. The Kier molecular flexibility index (Phi) is 6.67. The van der Waals surface area contributed by atoms with Crippen LogP contribution >= 0.6 is 0 Å². The third kappa shape index (κ3) is 6.81. The molecular weight excluding hydrogens is 395 g/mol. The van der Waals surface area contributed by atoms with Crippen LogP contribution in [0.1, 0.15) is 33.3 Å². The number of carbonyl (C=O) groups is 2. The van der Waals surface area contributed by atoms with Gasteiger partial charge in [0.15, 0.2) is 0 Å². The average Bonchev–Trinajstić information content (AvgIpc) is 2.82. The second-order valence-corrected chi connectivity index (χ2v) is 7.74. The van der Waals surface area contributed by atoms with Crippen LogP contribution in [0.25, 0.3) is 0 Å². The monoisotopic (exact) mass is 419 g/mol. The summed E-state index contributed by atoms with van der Waals surface area (Å²) < 4.78 is 51.3. The van der Waals surface area contributed by atoms with Gasteiger partial charge >= 0.3 is 18.4 Å². The number of hydrogen-bond donors (Lipinski definition) is 1. The quantitative estimate of drug-likeness (QED) is 0.756. The van der Waals surface area contributed by atoms with Gasteiger partial charge in [0.1, 0.15) is 23.6 Å². The predicted octanol–water partition coefficient (Wildman–Crippen LogP) is 3.04. The number of amides is 1. The standard InChI is InChI=1S/C19H24F3NO6/c1-11(24)27-16-14(23(10-15(16)25)17(26)29-18(2,3)4)9-12-5-7-13(8-6-12)28-19(20,21)22/h5-8,14-16,25H,9-10H2,1-4H3/t14-,15+,16+/m1/s1. The van der Waals surface area contributed by atoms with E-state index >= 15 is 0 Å². The smallest absolute Gasteiger partial charge is 0.457 e. The van der Waals surface area contributed by atoms with Gasteiger partial charge in [0.25, 0.3) is 0 Å². The van der Waals surface area contributed by atoms with Crippen LogP contribution in [0.3, 0.4) is 0 Å². The molecule has 0 radical (unpaired) electrons. The van der Waals surface area contributed by atoms with Crippen molar-refractivity contribution in [2.45, 2.75) is 64.3 Å². The molecule has 3 atom stereocenters. The fourth-order valence-electron chi connectivity index (χ4n) is 3.05. The first kappa shape index (κ1) is 22.8. The van der Waals surface area contributed by atoms with E-state index in [2.05, 4.69) is 4.74 Å². The molecule has 2 rings (SSSR count). The number of halogens is 3. The van der Waals surface area contributed by atoms with Gasteiger partial charge in [-0.05, 0) is 44.9 Å². The lowest BCUT2D eigenvalue weighted by Crippen LogP contribution is -2.45. The molecule has 1 aliphatic heterocycles. The van der Waals surface area contributed by atoms with E-state index in [1.807, 2.05) is 0 Å². The molecule has 1 saturated heterocycles. The molecule has 0 aromatic heterocycles. The van der Waals surface area contributed by atoms with Gasteiger partial charge in [-0.2, -0.15) is 0 Å². The Bertz CT molecular complexity index is 729. The second-order valence-electron chi connectivity index (χ2n) is 7.74. The molecular formula is C19H24F3NO6. The highest BCUT2D eigenvalue weighted by Crippen LogP contribution is 2.28. The van der Waals surface area contributed by atoms with Gasteiger partial charge in [-0.1, -0.05) is 12.1 Å². The Labute approximate surface area is 166 Å². The van der Waals surface area contributed by atoms with Gasteiger partial charge in [0, 0.05) is 6.92 Å². The maximum absolute atomic E-state index is 12.6. The van der Waals surface area contributed by atoms with Crippen molar-refractivity contribution in [3.8, 4) is 5.75 Å². The van der Waals surface area contributed by atoms with Crippen molar-refractivity contribution in [2.75, 3.05) is 6.54 Å². The first-order valence-electron chi connectivity index (χ1n) is 8.95.